The molecule has 0 saturated heterocycles. The maximum absolute atomic E-state index is 14.0. The second kappa shape index (κ2) is 12.8. The molecule has 0 aromatic rings. The Bertz CT molecular complexity index is 1160. The van der Waals surface area contributed by atoms with Gasteiger partial charge in [0.25, 0.3) is 0 Å². The second-order valence-corrected chi connectivity index (χ2v) is 13.1. The van der Waals surface area contributed by atoms with E-state index in [-0.39, 0.29) is 48.8 Å². The maximum Gasteiger partial charge on any atom is 0.325 e. The minimum atomic E-state index is -1.53. The molecule has 9 heteroatoms. The van der Waals surface area contributed by atoms with Gasteiger partial charge in [0.15, 0.2) is 18.0 Å². The third-order valence-electron chi connectivity index (χ3n) is 10.6. The van der Waals surface area contributed by atoms with Gasteiger partial charge in [-0.05, 0) is 68.9 Å². The van der Waals surface area contributed by atoms with Crippen molar-refractivity contribution in [1.82, 2.24) is 5.32 Å². The monoisotopic (exact) mass is 585 g/mol. The van der Waals surface area contributed by atoms with Gasteiger partial charge in [-0.2, -0.15) is 0 Å². The summed E-state index contributed by atoms with van der Waals surface area (Å²) in [6.45, 7) is 7.05. The minimum absolute atomic E-state index is 0.00761. The number of Topliss-reactive ketones (excluding diaryl/α,β-unsaturated/α-hetero) is 1. The highest BCUT2D eigenvalue weighted by Crippen LogP contribution is 2.68. The number of hydrogen-bond donors (Lipinski definition) is 2. The van der Waals surface area contributed by atoms with Crippen LogP contribution < -0.4 is 5.32 Å². The van der Waals surface area contributed by atoms with Gasteiger partial charge >= 0.3 is 11.9 Å². The molecule has 4 aliphatic carbocycles. The summed E-state index contributed by atoms with van der Waals surface area (Å²) in [5.74, 6) is -2.05. The van der Waals surface area contributed by atoms with Crippen molar-refractivity contribution in [3.05, 3.63) is 23.8 Å². The summed E-state index contributed by atoms with van der Waals surface area (Å²) >= 11 is 0. The topological polar surface area (TPSA) is 136 Å². The quantitative estimate of drug-likeness (QED) is 0.326. The van der Waals surface area contributed by atoms with E-state index in [4.69, 9.17) is 9.47 Å². The molecule has 0 spiro atoms. The average Bonchev–Trinajstić information content (AvgIpc) is 3.24. The molecule has 3 fully saturated rings. The molecule has 0 heterocycles. The minimum Gasteiger partial charge on any atom is -0.456 e. The van der Waals surface area contributed by atoms with E-state index in [1.54, 1.807) is 12.2 Å². The molecule has 1 amide bonds. The van der Waals surface area contributed by atoms with Crippen molar-refractivity contribution in [2.24, 2.45) is 28.6 Å². The first kappa shape index (κ1) is 32.1. The highest BCUT2D eigenvalue weighted by Gasteiger charge is 2.70. The van der Waals surface area contributed by atoms with E-state index in [2.05, 4.69) is 12.2 Å². The molecular weight excluding hydrogens is 538 g/mol. The van der Waals surface area contributed by atoms with Gasteiger partial charge in [-0.3, -0.25) is 24.0 Å². The Kier molecular flexibility index (Phi) is 9.80. The summed E-state index contributed by atoms with van der Waals surface area (Å²) in [6, 6.07) is 0. The molecule has 4 rings (SSSR count). The van der Waals surface area contributed by atoms with Crippen LogP contribution in [0.3, 0.4) is 0 Å². The van der Waals surface area contributed by atoms with E-state index >= 15 is 0 Å². The molecule has 2 N–H and O–H groups in total. The van der Waals surface area contributed by atoms with E-state index in [9.17, 15) is 29.1 Å². The van der Waals surface area contributed by atoms with Gasteiger partial charge in [0.05, 0.1) is 6.10 Å². The van der Waals surface area contributed by atoms with Gasteiger partial charge in [0.2, 0.25) is 11.7 Å². The molecule has 0 aliphatic heterocycles. The standard InChI is InChI=1S/C33H47NO8/c1-5-7-9-27(38)34-19-29(40)41-20-26(37)33(42-28(39)10-8-6-2)16-14-24-23-12-11-21-17-22(35)13-15-31(21,3)30(23)25(36)18-32(24,33)4/h13,15,17,23-25,30,36H,5-12,14,16,18-20H2,1-4H3,(H,34,38). The summed E-state index contributed by atoms with van der Waals surface area (Å²) < 4.78 is 11.5. The number of nitrogens with one attached hydrogen (secondary N) is 1. The van der Waals surface area contributed by atoms with Crippen molar-refractivity contribution in [3.63, 3.8) is 0 Å². The Morgan fingerprint density at radius 1 is 1.05 bits per heavy atom. The zero-order chi connectivity index (χ0) is 30.7. The van der Waals surface area contributed by atoms with Crippen LogP contribution in [0.5, 0.6) is 0 Å². The number of aliphatic hydroxyl groups is 1. The molecule has 0 radical (unpaired) electrons. The van der Waals surface area contributed by atoms with E-state index in [0.29, 0.717) is 32.1 Å². The number of carbonyl (C=O) groups is 5. The summed E-state index contributed by atoms with van der Waals surface area (Å²) in [4.78, 5) is 63.6. The molecule has 42 heavy (non-hydrogen) atoms. The SMILES string of the molecule is CCCCC(=O)NCC(=O)OCC(=O)C1(OC(=O)CCCC)CCC2C3CCC4=CC(=O)C=CC4(C)C3C(O)CC21C. The number of unbranched alkanes of at least 4 members (excludes halogenated alkanes) is 2. The third kappa shape index (κ3) is 5.86. The number of hydrogen-bond acceptors (Lipinski definition) is 8. The summed E-state index contributed by atoms with van der Waals surface area (Å²) in [5.41, 5.74) is -1.81. The first-order chi connectivity index (χ1) is 19.9. The van der Waals surface area contributed by atoms with Crippen LogP contribution in [0.2, 0.25) is 0 Å². The Hall–Kier alpha value is -2.81. The first-order valence-corrected chi connectivity index (χ1v) is 15.7. The predicted molar refractivity (Wildman–Crippen MR) is 155 cm³/mol. The molecule has 7 unspecified atom stereocenters. The normalized spacial score (nSPS) is 34.9. The molecular formula is C33H47NO8. The summed E-state index contributed by atoms with van der Waals surface area (Å²) in [5, 5.41) is 14.3. The highest BCUT2D eigenvalue weighted by molar-refractivity contribution is 6.01. The summed E-state index contributed by atoms with van der Waals surface area (Å²) in [7, 11) is 0. The van der Waals surface area contributed by atoms with Crippen LogP contribution in [0.15, 0.2) is 23.8 Å². The third-order valence-corrected chi connectivity index (χ3v) is 10.6. The van der Waals surface area contributed by atoms with Gasteiger partial charge in [-0.1, -0.05) is 52.2 Å². The lowest BCUT2D eigenvalue weighted by molar-refractivity contribution is -0.201. The Morgan fingerprint density at radius 3 is 2.48 bits per heavy atom. The highest BCUT2D eigenvalue weighted by atomic mass is 16.6. The van der Waals surface area contributed by atoms with Crippen LogP contribution in [0, 0.1) is 28.6 Å². The predicted octanol–water partition coefficient (Wildman–Crippen LogP) is 4.16. The van der Waals surface area contributed by atoms with Crippen molar-refractivity contribution in [2.75, 3.05) is 13.2 Å². The van der Waals surface area contributed by atoms with Crippen molar-refractivity contribution < 1.29 is 38.6 Å². The molecule has 9 nitrogen and oxygen atoms in total. The Morgan fingerprint density at radius 2 is 1.76 bits per heavy atom. The lowest BCUT2D eigenvalue weighted by Crippen LogP contribution is -2.63. The van der Waals surface area contributed by atoms with Crippen LogP contribution in [0.4, 0.5) is 0 Å². The van der Waals surface area contributed by atoms with Gasteiger partial charge in [0, 0.05) is 29.6 Å². The number of fused-ring (bicyclic) bond motifs is 5. The van der Waals surface area contributed by atoms with Crippen molar-refractivity contribution in [1.29, 1.82) is 0 Å². The second-order valence-electron chi connectivity index (χ2n) is 13.1. The van der Waals surface area contributed by atoms with Gasteiger partial charge in [-0.15, -0.1) is 0 Å². The maximum atomic E-state index is 14.0. The fourth-order valence-electron chi connectivity index (χ4n) is 8.47. The van der Waals surface area contributed by atoms with Crippen LogP contribution in [-0.2, 0) is 33.4 Å². The van der Waals surface area contributed by atoms with E-state index in [1.807, 2.05) is 26.8 Å². The van der Waals surface area contributed by atoms with E-state index in [1.165, 1.54) is 0 Å². The summed E-state index contributed by atoms with van der Waals surface area (Å²) in [6.07, 6.45) is 10.6. The number of amides is 1. The van der Waals surface area contributed by atoms with Crippen LogP contribution >= 0.6 is 0 Å². The molecule has 0 aromatic heterocycles. The Labute approximate surface area is 248 Å². The van der Waals surface area contributed by atoms with Crippen LogP contribution in [-0.4, -0.2) is 59.4 Å². The van der Waals surface area contributed by atoms with Crippen molar-refractivity contribution in [3.8, 4) is 0 Å². The van der Waals surface area contributed by atoms with Gasteiger partial charge < -0.3 is 19.9 Å². The smallest absolute Gasteiger partial charge is 0.325 e. The van der Waals surface area contributed by atoms with Crippen molar-refractivity contribution >= 4 is 29.4 Å². The van der Waals surface area contributed by atoms with Crippen LogP contribution in [0.1, 0.15) is 98.3 Å². The number of ether oxygens (including phenoxy) is 2. The zero-order valence-corrected chi connectivity index (χ0v) is 25.5. The fraction of sp³-hybridized carbons (Fsp3) is 0.727. The lowest BCUT2D eigenvalue weighted by Gasteiger charge is -2.59. The molecule has 4 aliphatic rings. The zero-order valence-electron chi connectivity index (χ0n) is 25.5. The lowest BCUT2D eigenvalue weighted by atomic mass is 9.46. The molecule has 0 aromatic carbocycles. The molecule has 0 bridgehead atoms. The number of esters is 2. The van der Waals surface area contributed by atoms with E-state index in [0.717, 1.165) is 31.3 Å². The number of carbonyl (C=O) groups excluding carboxylic acids is 5. The fourth-order valence-corrected chi connectivity index (χ4v) is 8.47. The Balaban J connectivity index is 1.56. The average molecular weight is 586 g/mol. The molecule has 232 valence electrons. The number of ketones is 2. The molecule has 7 atom stereocenters. The number of rotatable bonds is 12. The van der Waals surface area contributed by atoms with Gasteiger partial charge in [0.1, 0.15) is 6.54 Å². The van der Waals surface area contributed by atoms with E-state index < -0.39 is 46.9 Å². The number of aliphatic hydroxyl groups excluding tert-OH is 1. The largest absolute Gasteiger partial charge is 0.456 e. The molecule has 3 saturated carbocycles. The van der Waals surface area contributed by atoms with Crippen LogP contribution in [0.25, 0.3) is 0 Å². The van der Waals surface area contributed by atoms with Gasteiger partial charge in [-0.25, -0.2) is 0 Å². The first-order valence-electron chi connectivity index (χ1n) is 15.7. The van der Waals surface area contributed by atoms with Crippen molar-refractivity contribution in [2.45, 2.75) is 110 Å². The number of allylic oxidation sites excluding steroid dienone is 4.